The first-order valence-corrected chi connectivity index (χ1v) is 12.3. The van der Waals surface area contributed by atoms with Crippen LogP contribution in [-0.2, 0) is 6.54 Å². The van der Waals surface area contributed by atoms with Gasteiger partial charge in [0.15, 0.2) is 10.9 Å². The number of aromatic amines is 1. The SMILES string of the molecule is C=CCn1c(SCC(=O)c2c(C)[nH]c3ccccc23)nc2scc(-c3ccc(C)o3)c2c1=O. The Bertz CT molecular complexity index is 1590. The second-order valence-electron chi connectivity index (χ2n) is 7.72. The number of nitrogens with one attached hydrogen (secondary N) is 1. The zero-order valence-corrected chi connectivity index (χ0v) is 19.8. The van der Waals surface area contributed by atoms with E-state index in [1.54, 1.807) is 10.6 Å². The Kier molecular flexibility index (Phi) is 5.55. The van der Waals surface area contributed by atoms with Crippen LogP contribution in [0.4, 0.5) is 0 Å². The summed E-state index contributed by atoms with van der Waals surface area (Å²) in [6, 6.07) is 11.5. The van der Waals surface area contributed by atoms with Gasteiger partial charge in [0.05, 0.1) is 11.1 Å². The molecular weight excluding hydrogens is 454 g/mol. The highest BCUT2D eigenvalue weighted by molar-refractivity contribution is 7.99. The molecule has 1 aromatic carbocycles. The van der Waals surface area contributed by atoms with Crippen LogP contribution in [0.3, 0.4) is 0 Å². The average Bonchev–Trinajstić information content (AvgIpc) is 3.50. The number of nitrogens with zero attached hydrogens (tertiary/aromatic N) is 2. The number of para-hydroxylation sites is 1. The molecule has 5 aromatic rings. The molecular formula is C25H21N3O3S2. The van der Waals surface area contributed by atoms with Gasteiger partial charge in [-0.15, -0.1) is 17.9 Å². The number of ketones is 1. The molecule has 0 fully saturated rings. The summed E-state index contributed by atoms with van der Waals surface area (Å²) < 4.78 is 7.32. The van der Waals surface area contributed by atoms with Crippen LogP contribution in [0, 0.1) is 13.8 Å². The van der Waals surface area contributed by atoms with Gasteiger partial charge in [-0.2, -0.15) is 0 Å². The van der Waals surface area contributed by atoms with Crippen LogP contribution < -0.4 is 5.56 Å². The minimum atomic E-state index is -0.163. The van der Waals surface area contributed by atoms with E-state index in [1.807, 2.05) is 55.6 Å². The number of H-pyrrole nitrogens is 1. The fourth-order valence-electron chi connectivity index (χ4n) is 4.00. The van der Waals surface area contributed by atoms with Gasteiger partial charge in [-0.25, -0.2) is 4.98 Å². The molecule has 0 atom stereocenters. The third kappa shape index (κ3) is 3.75. The van der Waals surface area contributed by atoms with E-state index in [1.165, 1.54) is 23.1 Å². The van der Waals surface area contributed by atoms with Gasteiger partial charge in [0, 0.05) is 39.6 Å². The molecule has 0 spiro atoms. The number of thiophene rings is 1. The number of fused-ring (bicyclic) bond motifs is 2. The lowest BCUT2D eigenvalue weighted by molar-refractivity contribution is 0.102. The van der Waals surface area contributed by atoms with Gasteiger partial charge < -0.3 is 9.40 Å². The van der Waals surface area contributed by atoms with E-state index in [0.717, 1.165) is 27.9 Å². The Morgan fingerprint density at radius 1 is 1.27 bits per heavy atom. The molecule has 33 heavy (non-hydrogen) atoms. The number of allylic oxidation sites excluding steroid dienone is 1. The van der Waals surface area contributed by atoms with Crippen molar-refractivity contribution in [2.75, 3.05) is 5.75 Å². The summed E-state index contributed by atoms with van der Waals surface area (Å²) in [7, 11) is 0. The van der Waals surface area contributed by atoms with Crippen LogP contribution in [-0.4, -0.2) is 26.1 Å². The van der Waals surface area contributed by atoms with E-state index in [4.69, 9.17) is 9.40 Å². The Labute approximate surface area is 198 Å². The number of aromatic nitrogens is 3. The second-order valence-corrected chi connectivity index (χ2v) is 9.52. The lowest BCUT2D eigenvalue weighted by Crippen LogP contribution is -2.23. The van der Waals surface area contributed by atoms with Crippen molar-refractivity contribution in [1.29, 1.82) is 0 Å². The Morgan fingerprint density at radius 2 is 2.09 bits per heavy atom. The number of hydrogen-bond acceptors (Lipinski definition) is 6. The number of Topliss-reactive ketones (excluding diaryl/α,β-unsaturated/α-hetero) is 1. The minimum absolute atomic E-state index is 0.00706. The molecule has 0 amide bonds. The third-order valence-corrected chi connectivity index (χ3v) is 7.33. The molecule has 0 aliphatic heterocycles. The number of benzene rings is 1. The molecule has 5 rings (SSSR count). The fraction of sp³-hybridized carbons (Fsp3) is 0.160. The number of furan rings is 1. The first-order valence-electron chi connectivity index (χ1n) is 10.4. The third-order valence-electron chi connectivity index (χ3n) is 5.48. The maximum absolute atomic E-state index is 13.4. The predicted molar refractivity (Wildman–Crippen MR) is 135 cm³/mol. The van der Waals surface area contributed by atoms with Gasteiger partial charge >= 0.3 is 0 Å². The van der Waals surface area contributed by atoms with Crippen LogP contribution in [0.15, 0.2) is 68.8 Å². The largest absolute Gasteiger partial charge is 0.461 e. The molecule has 0 aliphatic rings. The average molecular weight is 476 g/mol. The summed E-state index contributed by atoms with van der Waals surface area (Å²) in [4.78, 5) is 35.2. The maximum Gasteiger partial charge on any atom is 0.263 e. The van der Waals surface area contributed by atoms with Crippen molar-refractivity contribution in [3.8, 4) is 11.3 Å². The van der Waals surface area contributed by atoms with Gasteiger partial charge in [0.2, 0.25) is 0 Å². The standard InChI is InChI=1S/C25H21N3O3S2/c1-4-11-28-24(30)22-17(20-10-9-14(2)31-20)12-32-23(22)27-25(28)33-13-19(29)21-15(3)26-18-8-6-5-7-16(18)21/h4-10,12,26H,1,11,13H2,2-3H3. The quantitative estimate of drug-likeness (QED) is 0.136. The Balaban J connectivity index is 1.52. The van der Waals surface area contributed by atoms with Crippen molar-refractivity contribution < 1.29 is 9.21 Å². The second kappa shape index (κ2) is 8.53. The lowest BCUT2D eigenvalue weighted by Gasteiger charge is -2.10. The molecule has 0 saturated carbocycles. The molecule has 6 nitrogen and oxygen atoms in total. The molecule has 0 aliphatic carbocycles. The van der Waals surface area contributed by atoms with Gasteiger partial charge in [-0.1, -0.05) is 36.0 Å². The minimum Gasteiger partial charge on any atom is -0.461 e. The highest BCUT2D eigenvalue weighted by atomic mass is 32.2. The molecule has 0 saturated heterocycles. The number of hydrogen-bond donors (Lipinski definition) is 1. The first-order chi connectivity index (χ1) is 16.0. The smallest absolute Gasteiger partial charge is 0.263 e. The Hall–Kier alpha value is -3.36. The molecule has 1 N–H and O–H groups in total. The van der Waals surface area contributed by atoms with Crippen LogP contribution >= 0.6 is 23.1 Å². The number of rotatable bonds is 7. The summed E-state index contributed by atoms with van der Waals surface area (Å²) in [6.45, 7) is 7.86. The van der Waals surface area contributed by atoms with Gasteiger partial charge in [0.1, 0.15) is 16.4 Å². The summed E-state index contributed by atoms with van der Waals surface area (Å²) >= 11 is 2.67. The van der Waals surface area contributed by atoms with Gasteiger partial charge in [0.25, 0.3) is 5.56 Å². The van der Waals surface area contributed by atoms with Gasteiger partial charge in [-0.3, -0.25) is 14.2 Å². The normalized spacial score (nSPS) is 11.5. The molecule has 8 heteroatoms. The number of carbonyl (C=O) groups is 1. The molecule has 0 radical (unpaired) electrons. The Morgan fingerprint density at radius 3 is 2.85 bits per heavy atom. The van der Waals surface area contributed by atoms with E-state index in [0.29, 0.717) is 33.2 Å². The van der Waals surface area contributed by atoms with Crippen LogP contribution in [0.2, 0.25) is 0 Å². The maximum atomic E-state index is 13.4. The zero-order chi connectivity index (χ0) is 23.1. The monoisotopic (exact) mass is 475 g/mol. The van der Waals surface area contributed by atoms with E-state index in [9.17, 15) is 9.59 Å². The van der Waals surface area contributed by atoms with Crippen molar-refractivity contribution in [2.45, 2.75) is 25.5 Å². The summed E-state index contributed by atoms with van der Waals surface area (Å²) in [5.74, 6) is 1.59. The van der Waals surface area contributed by atoms with Crippen molar-refractivity contribution >= 4 is 50.0 Å². The van der Waals surface area contributed by atoms with E-state index < -0.39 is 0 Å². The summed E-state index contributed by atoms with van der Waals surface area (Å²) in [5.41, 5.74) is 3.03. The molecule has 4 heterocycles. The van der Waals surface area contributed by atoms with Crippen molar-refractivity contribution in [3.63, 3.8) is 0 Å². The highest BCUT2D eigenvalue weighted by Gasteiger charge is 2.21. The number of carbonyl (C=O) groups excluding carboxylic acids is 1. The summed E-state index contributed by atoms with van der Waals surface area (Å²) in [6.07, 6.45) is 1.66. The van der Waals surface area contributed by atoms with Crippen LogP contribution in [0.5, 0.6) is 0 Å². The first kappa shape index (κ1) is 21.5. The van der Waals surface area contributed by atoms with Crippen molar-refractivity contribution in [1.82, 2.24) is 14.5 Å². The molecule has 0 unspecified atom stereocenters. The van der Waals surface area contributed by atoms with E-state index >= 15 is 0 Å². The highest BCUT2D eigenvalue weighted by Crippen LogP contribution is 2.33. The molecule has 4 aromatic heterocycles. The summed E-state index contributed by atoms with van der Waals surface area (Å²) in [5, 5.41) is 3.83. The van der Waals surface area contributed by atoms with Crippen molar-refractivity contribution in [2.24, 2.45) is 0 Å². The van der Waals surface area contributed by atoms with Crippen LogP contribution in [0.25, 0.3) is 32.4 Å². The number of aryl methyl sites for hydroxylation is 2. The zero-order valence-electron chi connectivity index (χ0n) is 18.2. The van der Waals surface area contributed by atoms with Gasteiger partial charge in [-0.05, 0) is 32.0 Å². The molecule has 0 bridgehead atoms. The van der Waals surface area contributed by atoms with E-state index in [-0.39, 0.29) is 17.1 Å². The van der Waals surface area contributed by atoms with E-state index in [2.05, 4.69) is 11.6 Å². The predicted octanol–water partition coefficient (Wildman–Crippen LogP) is 5.98. The fourth-order valence-corrected chi connectivity index (χ4v) is 5.85. The molecule has 166 valence electrons. The van der Waals surface area contributed by atoms with Crippen LogP contribution in [0.1, 0.15) is 21.8 Å². The lowest BCUT2D eigenvalue weighted by atomic mass is 10.1. The topological polar surface area (TPSA) is 80.9 Å². The van der Waals surface area contributed by atoms with Crippen molar-refractivity contribution in [3.05, 3.63) is 81.8 Å². The number of thioether (sulfide) groups is 1.